The van der Waals surface area contributed by atoms with Crippen molar-refractivity contribution < 1.29 is 32.2 Å². The summed E-state index contributed by atoms with van der Waals surface area (Å²) in [4.78, 5) is 42.4. The second kappa shape index (κ2) is 20.7. The Labute approximate surface area is 406 Å². The summed E-state index contributed by atoms with van der Waals surface area (Å²) in [5, 5.41) is 43.1. The fourth-order valence-electron chi connectivity index (χ4n) is 7.04. The van der Waals surface area contributed by atoms with E-state index >= 15 is 0 Å². The smallest absolute Gasteiger partial charge is 0.416 e. The van der Waals surface area contributed by atoms with Crippen LogP contribution in [0.4, 0.5) is 36.2 Å². The largest absolute Gasteiger partial charge is 0.438 e. The molecule has 0 unspecified atom stereocenters. The molecule has 0 aliphatic rings. The lowest BCUT2D eigenvalue weighted by Gasteiger charge is -2.12. The van der Waals surface area contributed by atoms with Crippen LogP contribution >= 0.6 is 0 Å². The second-order valence-corrected chi connectivity index (χ2v) is 15.4. The van der Waals surface area contributed by atoms with E-state index in [-0.39, 0.29) is 70.4 Å². The molecule has 0 saturated heterocycles. The van der Waals surface area contributed by atoms with Crippen molar-refractivity contribution in [3.63, 3.8) is 0 Å². The minimum absolute atomic E-state index is 0.0233. The third-order valence-electron chi connectivity index (χ3n) is 10.4. The Bertz CT molecular complexity index is 3580. The van der Waals surface area contributed by atoms with Crippen LogP contribution in [-0.2, 0) is 28.9 Å². The molecule has 0 aliphatic carbocycles. The summed E-state index contributed by atoms with van der Waals surface area (Å²) in [6.07, 6.45) is 5.43. The lowest BCUT2D eigenvalue weighted by molar-refractivity contribution is -0.137. The minimum atomic E-state index is -4.50. The molecule has 8 aromatic rings. The molecule has 354 valence electrons. The normalized spacial score (nSPS) is 11.1. The van der Waals surface area contributed by atoms with Crippen LogP contribution in [0.2, 0.25) is 0 Å². The molecule has 4 aromatic heterocycles. The van der Waals surface area contributed by atoms with Crippen molar-refractivity contribution in [3.8, 4) is 63.7 Å². The molecule has 0 spiro atoms. The Hall–Kier alpha value is -10.7. The zero-order valence-electron chi connectivity index (χ0n) is 37.2. The number of halogens is 3. The van der Waals surface area contributed by atoms with Gasteiger partial charge in [0.2, 0.25) is 11.8 Å². The van der Waals surface area contributed by atoms with Gasteiger partial charge in [-0.05, 0) is 71.3 Å². The van der Waals surface area contributed by atoms with E-state index in [0.29, 0.717) is 44.6 Å². The standard InChI is InChI=1S/C50H34F3N15O4/c1-29(18-54)46(69)65-38-7-3-9-40(16-38)71-49-43(45(58)60-28-62-49)36-22-64-68(26-36)24-34-14-30(11-12-32(34)19-55)13-33(20-56)47(70)66-39-8-4-10-41(17-39)72-48-42(44(57)59-27-61-48)35-21-63-67(25-35)23-31-5-2-6-37(15-31)50(51,52)53/h2-17,21-22,25-28H,1,23-24H2,(H,65,69)(H,66,70)(H2,57,59,61)(H2,58,60,62). The predicted octanol–water partition coefficient (Wildman–Crippen LogP) is 8.29. The van der Waals surface area contributed by atoms with Crippen molar-refractivity contribution in [1.29, 1.82) is 15.8 Å². The number of rotatable bonds is 15. The SMILES string of the molecule is C=C(C#N)C(=O)Nc1cccc(Oc2ncnc(N)c2-c2cnn(Cc3cc(C=C(C#N)C(=O)Nc4cccc(Oc5ncnc(N)c5-c5cnn(Cc6cccc(C(F)(F)F)c6)c5)c4)ccc3C#N)c2)c1. The lowest BCUT2D eigenvalue weighted by Crippen LogP contribution is -2.13. The predicted molar refractivity (Wildman–Crippen MR) is 255 cm³/mol. The van der Waals surface area contributed by atoms with E-state index in [4.69, 9.17) is 26.2 Å². The number of carbonyl (C=O) groups is 2. The molecule has 22 heteroatoms. The molecule has 0 radical (unpaired) electrons. The Kier molecular flexibility index (Phi) is 13.7. The average Bonchev–Trinajstić information content (AvgIpc) is 4.02. The summed E-state index contributed by atoms with van der Waals surface area (Å²) in [6, 6.07) is 28.1. The van der Waals surface area contributed by atoms with Gasteiger partial charge in [-0.15, -0.1) is 0 Å². The summed E-state index contributed by atoms with van der Waals surface area (Å²) in [6.45, 7) is 3.52. The quantitative estimate of drug-likeness (QED) is 0.0555. The lowest BCUT2D eigenvalue weighted by atomic mass is 10.0. The first-order valence-electron chi connectivity index (χ1n) is 21.0. The van der Waals surface area contributed by atoms with E-state index in [2.05, 4.69) is 53.4 Å². The van der Waals surface area contributed by atoms with Gasteiger partial charge >= 0.3 is 6.18 Å². The van der Waals surface area contributed by atoms with E-state index < -0.39 is 23.6 Å². The number of nitrogen functional groups attached to an aromatic ring is 2. The molecule has 19 nitrogen and oxygen atoms in total. The van der Waals surface area contributed by atoms with Gasteiger partial charge < -0.3 is 31.6 Å². The monoisotopic (exact) mass is 965 g/mol. The summed E-state index contributed by atoms with van der Waals surface area (Å²) in [5.41, 5.74) is 14.9. The van der Waals surface area contributed by atoms with Gasteiger partial charge in [0.15, 0.2) is 0 Å². The number of benzene rings is 4. The summed E-state index contributed by atoms with van der Waals surface area (Å²) in [5.74, 6) is -0.724. The number of nitrogens with zero attached hydrogens (tertiary/aromatic N) is 11. The number of nitrogens with one attached hydrogen (secondary N) is 2. The van der Waals surface area contributed by atoms with Gasteiger partial charge in [0.05, 0.1) is 53.8 Å². The zero-order chi connectivity index (χ0) is 50.9. The molecule has 0 fully saturated rings. The number of alkyl halides is 3. The van der Waals surface area contributed by atoms with Crippen LogP contribution in [0, 0.1) is 34.0 Å². The van der Waals surface area contributed by atoms with Crippen molar-refractivity contribution in [2.45, 2.75) is 19.3 Å². The van der Waals surface area contributed by atoms with Crippen LogP contribution in [0.25, 0.3) is 28.3 Å². The number of amides is 2. The van der Waals surface area contributed by atoms with Crippen LogP contribution in [0.15, 0.2) is 146 Å². The zero-order valence-corrected chi connectivity index (χ0v) is 37.2. The third-order valence-corrected chi connectivity index (χ3v) is 10.4. The first-order chi connectivity index (χ1) is 34.7. The van der Waals surface area contributed by atoms with E-state index in [1.165, 1.54) is 58.7 Å². The molecule has 4 heterocycles. The van der Waals surface area contributed by atoms with Crippen LogP contribution < -0.4 is 31.6 Å². The van der Waals surface area contributed by atoms with Gasteiger partial charge in [0, 0.05) is 47.0 Å². The minimum Gasteiger partial charge on any atom is -0.438 e. The molecule has 8 rings (SSSR count). The van der Waals surface area contributed by atoms with Crippen molar-refractivity contribution in [2.75, 3.05) is 22.1 Å². The topological polar surface area (TPSA) is 287 Å². The number of nitriles is 3. The van der Waals surface area contributed by atoms with Gasteiger partial charge in [-0.25, -0.2) is 19.9 Å². The summed E-state index contributed by atoms with van der Waals surface area (Å²) < 4.78 is 55.1. The first-order valence-corrected chi connectivity index (χ1v) is 21.0. The van der Waals surface area contributed by atoms with E-state index in [9.17, 15) is 33.3 Å². The molecule has 0 aliphatic heterocycles. The van der Waals surface area contributed by atoms with E-state index in [0.717, 1.165) is 12.1 Å². The van der Waals surface area contributed by atoms with Gasteiger partial charge in [-0.3, -0.25) is 19.0 Å². The third kappa shape index (κ3) is 11.2. The maximum absolute atomic E-state index is 13.5. The van der Waals surface area contributed by atoms with Crippen molar-refractivity contribution in [2.24, 2.45) is 0 Å². The van der Waals surface area contributed by atoms with Crippen LogP contribution in [-0.4, -0.2) is 51.3 Å². The highest BCUT2D eigenvalue weighted by molar-refractivity contribution is 6.10. The maximum atomic E-state index is 13.5. The Morgan fingerprint density at radius 1 is 0.708 bits per heavy atom. The summed E-state index contributed by atoms with van der Waals surface area (Å²) in [7, 11) is 0. The number of carbonyl (C=O) groups excluding carboxylic acids is 2. The van der Waals surface area contributed by atoms with Gasteiger partial charge in [-0.2, -0.15) is 39.2 Å². The molecule has 0 bridgehead atoms. The second-order valence-electron chi connectivity index (χ2n) is 15.4. The molecular weight excluding hydrogens is 932 g/mol. The molecular formula is C50H34F3N15O4. The molecule has 2 amide bonds. The highest BCUT2D eigenvalue weighted by atomic mass is 19.4. The molecule has 0 atom stereocenters. The maximum Gasteiger partial charge on any atom is 0.416 e. The van der Waals surface area contributed by atoms with Crippen molar-refractivity contribution in [1.82, 2.24) is 39.5 Å². The van der Waals surface area contributed by atoms with Crippen LogP contribution in [0.3, 0.4) is 0 Å². The molecule has 6 N–H and O–H groups in total. The molecule has 0 saturated carbocycles. The van der Waals surface area contributed by atoms with Crippen molar-refractivity contribution >= 4 is 40.9 Å². The van der Waals surface area contributed by atoms with Crippen LogP contribution in [0.1, 0.15) is 27.8 Å². The highest BCUT2D eigenvalue weighted by Crippen LogP contribution is 2.37. The number of ether oxygens (including phenoxy) is 2. The number of nitrogens with two attached hydrogens (primary N) is 2. The van der Waals surface area contributed by atoms with Gasteiger partial charge in [0.25, 0.3) is 11.8 Å². The Balaban J connectivity index is 0.956. The summed E-state index contributed by atoms with van der Waals surface area (Å²) >= 11 is 0. The highest BCUT2D eigenvalue weighted by Gasteiger charge is 2.30. The number of hydrogen-bond donors (Lipinski definition) is 4. The fourth-order valence-corrected chi connectivity index (χ4v) is 7.04. The number of aromatic nitrogens is 8. The fraction of sp³-hybridized carbons (Fsp3) is 0.0600. The Morgan fingerprint density at radius 2 is 1.28 bits per heavy atom. The van der Waals surface area contributed by atoms with E-state index in [1.54, 1.807) is 79.1 Å². The van der Waals surface area contributed by atoms with Gasteiger partial charge in [0.1, 0.15) is 59.1 Å². The first kappa shape index (κ1) is 47.8. The van der Waals surface area contributed by atoms with Crippen molar-refractivity contribution in [3.05, 3.63) is 174 Å². The number of hydrogen-bond acceptors (Lipinski definition) is 15. The number of anilines is 4. The molecule has 4 aromatic carbocycles. The average molecular weight is 966 g/mol. The van der Waals surface area contributed by atoms with E-state index in [1.807, 2.05) is 6.07 Å². The van der Waals surface area contributed by atoms with Crippen LogP contribution in [0.5, 0.6) is 23.3 Å². The molecule has 72 heavy (non-hydrogen) atoms. The van der Waals surface area contributed by atoms with Gasteiger partial charge in [-0.1, -0.05) is 36.9 Å². The Morgan fingerprint density at radius 3 is 1.83 bits per heavy atom.